The van der Waals surface area contributed by atoms with Crippen LogP contribution in [0.5, 0.6) is 0 Å². The summed E-state index contributed by atoms with van der Waals surface area (Å²) in [6.07, 6.45) is 3.78. The number of hydrogen-bond acceptors (Lipinski definition) is 3. The van der Waals surface area contributed by atoms with Crippen molar-refractivity contribution in [3.05, 3.63) is 29.3 Å². The molecule has 2 rings (SSSR count). The van der Waals surface area contributed by atoms with Crippen LogP contribution < -0.4 is 5.73 Å². The van der Waals surface area contributed by atoms with Crippen LogP contribution in [0.1, 0.15) is 31.2 Å². The zero-order chi connectivity index (χ0) is 14.3. The van der Waals surface area contributed by atoms with Crippen molar-refractivity contribution in [2.45, 2.75) is 36.0 Å². The topological polar surface area (TPSA) is 60.2 Å². The van der Waals surface area contributed by atoms with Crippen LogP contribution in [0.4, 0.5) is 8.78 Å². The van der Waals surface area contributed by atoms with Crippen LogP contribution in [0.15, 0.2) is 17.0 Å². The zero-order valence-electron chi connectivity index (χ0n) is 10.7. The summed E-state index contributed by atoms with van der Waals surface area (Å²) in [4.78, 5) is -0.455. The quantitative estimate of drug-likeness (QED) is 0.867. The molecule has 1 aromatic carbocycles. The van der Waals surface area contributed by atoms with Crippen molar-refractivity contribution in [3.63, 3.8) is 0 Å². The van der Waals surface area contributed by atoms with Gasteiger partial charge in [-0.1, -0.05) is 12.8 Å². The van der Waals surface area contributed by atoms with Crippen molar-refractivity contribution in [1.82, 2.24) is 0 Å². The number of halogens is 2. The van der Waals surface area contributed by atoms with Crippen LogP contribution in [-0.2, 0) is 15.3 Å². The Morgan fingerprint density at radius 2 is 1.84 bits per heavy atom. The lowest BCUT2D eigenvalue weighted by Crippen LogP contribution is -2.34. The fourth-order valence-electron chi connectivity index (χ4n) is 2.91. The highest BCUT2D eigenvalue weighted by Crippen LogP contribution is 2.43. The first-order valence-corrected chi connectivity index (χ1v) is 8.09. The molecule has 2 N–H and O–H groups in total. The summed E-state index contributed by atoms with van der Waals surface area (Å²) in [5.74, 6) is -1.69. The van der Waals surface area contributed by atoms with Crippen LogP contribution in [0.25, 0.3) is 0 Å². The van der Waals surface area contributed by atoms with E-state index in [4.69, 9.17) is 5.73 Å². The molecule has 1 aliphatic carbocycles. The molecule has 0 saturated heterocycles. The van der Waals surface area contributed by atoms with Gasteiger partial charge in [0.15, 0.2) is 9.84 Å². The predicted octanol–water partition coefficient (Wildman–Crippen LogP) is 2.14. The maximum absolute atomic E-state index is 14.4. The molecule has 0 spiro atoms. The molecular formula is C13H17F2NO2S. The number of rotatable bonds is 3. The molecule has 0 radical (unpaired) electrons. The van der Waals surface area contributed by atoms with E-state index in [1.165, 1.54) is 0 Å². The summed E-state index contributed by atoms with van der Waals surface area (Å²) in [6.45, 7) is 0.119. The standard InChI is InChI=1S/C13H17F2NO2S/c1-19(17,18)10-5-4-9(14)11(12(10)15)13(8-16)6-2-3-7-13/h4-5H,2-3,6-8,16H2,1H3. The predicted molar refractivity (Wildman–Crippen MR) is 68.7 cm³/mol. The summed E-state index contributed by atoms with van der Waals surface area (Å²) in [7, 11) is -3.72. The lowest BCUT2D eigenvalue weighted by molar-refractivity contribution is 0.394. The molecule has 6 heteroatoms. The van der Waals surface area contributed by atoms with E-state index < -0.39 is 31.8 Å². The maximum atomic E-state index is 14.4. The van der Waals surface area contributed by atoms with Crippen LogP contribution in [0, 0.1) is 11.6 Å². The van der Waals surface area contributed by atoms with E-state index in [-0.39, 0.29) is 12.1 Å². The Kier molecular flexibility index (Phi) is 3.66. The molecule has 0 unspecified atom stereocenters. The number of sulfone groups is 1. The van der Waals surface area contributed by atoms with E-state index >= 15 is 0 Å². The molecule has 0 amide bonds. The minimum absolute atomic E-state index is 0.119. The van der Waals surface area contributed by atoms with Gasteiger partial charge in [-0.2, -0.15) is 0 Å². The van der Waals surface area contributed by atoms with E-state index in [0.29, 0.717) is 12.8 Å². The van der Waals surface area contributed by atoms with Gasteiger partial charge >= 0.3 is 0 Å². The molecule has 3 nitrogen and oxygen atoms in total. The van der Waals surface area contributed by atoms with E-state index in [9.17, 15) is 17.2 Å². The highest BCUT2D eigenvalue weighted by atomic mass is 32.2. The molecule has 0 heterocycles. The summed E-state index contributed by atoms with van der Waals surface area (Å²) < 4.78 is 51.5. The van der Waals surface area contributed by atoms with E-state index in [0.717, 1.165) is 31.2 Å². The first-order chi connectivity index (χ1) is 8.82. The minimum Gasteiger partial charge on any atom is -0.330 e. The largest absolute Gasteiger partial charge is 0.330 e. The molecule has 0 atom stereocenters. The summed E-state index contributed by atoms with van der Waals surface area (Å²) >= 11 is 0. The third-order valence-electron chi connectivity index (χ3n) is 3.94. The van der Waals surface area contributed by atoms with Crippen molar-refractivity contribution >= 4 is 9.84 Å². The molecule has 0 bridgehead atoms. The van der Waals surface area contributed by atoms with Gasteiger partial charge in [-0.25, -0.2) is 17.2 Å². The van der Waals surface area contributed by atoms with Crippen molar-refractivity contribution in [2.24, 2.45) is 5.73 Å². The van der Waals surface area contributed by atoms with Gasteiger partial charge in [0.2, 0.25) is 0 Å². The second-order valence-corrected chi connectivity index (χ2v) is 7.18. The molecule has 19 heavy (non-hydrogen) atoms. The van der Waals surface area contributed by atoms with E-state index in [2.05, 4.69) is 0 Å². The number of benzene rings is 1. The molecule has 1 fully saturated rings. The van der Waals surface area contributed by atoms with Crippen LogP contribution in [0.2, 0.25) is 0 Å². The van der Waals surface area contributed by atoms with E-state index in [1.807, 2.05) is 0 Å². The lowest BCUT2D eigenvalue weighted by atomic mass is 9.78. The van der Waals surface area contributed by atoms with Gasteiger partial charge in [0.05, 0.1) is 0 Å². The van der Waals surface area contributed by atoms with E-state index in [1.54, 1.807) is 0 Å². The Morgan fingerprint density at radius 1 is 1.26 bits per heavy atom. The molecule has 1 aliphatic rings. The molecular weight excluding hydrogens is 272 g/mol. The third kappa shape index (κ3) is 2.39. The molecule has 1 aromatic rings. The van der Waals surface area contributed by atoms with Gasteiger partial charge in [-0.3, -0.25) is 0 Å². The minimum atomic E-state index is -3.72. The van der Waals surface area contributed by atoms with Gasteiger partial charge in [0.25, 0.3) is 0 Å². The van der Waals surface area contributed by atoms with Gasteiger partial charge in [0.1, 0.15) is 16.5 Å². The normalized spacial score (nSPS) is 18.7. The van der Waals surface area contributed by atoms with Gasteiger partial charge in [0, 0.05) is 23.8 Å². The van der Waals surface area contributed by atoms with Crippen molar-refractivity contribution < 1.29 is 17.2 Å². The van der Waals surface area contributed by atoms with Crippen molar-refractivity contribution in [3.8, 4) is 0 Å². The fraction of sp³-hybridized carbons (Fsp3) is 0.538. The number of nitrogens with two attached hydrogens (primary N) is 1. The first kappa shape index (κ1) is 14.4. The second-order valence-electron chi connectivity index (χ2n) is 5.20. The smallest absolute Gasteiger partial charge is 0.178 e. The Bertz CT molecular complexity index is 593. The monoisotopic (exact) mass is 289 g/mol. The highest BCUT2D eigenvalue weighted by molar-refractivity contribution is 7.90. The van der Waals surface area contributed by atoms with Gasteiger partial charge in [-0.15, -0.1) is 0 Å². The molecule has 0 aliphatic heterocycles. The highest BCUT2D eigenvalue weighted by Gasteiger charge is 2.40. The molecule has 1 saturated carbocycles. The van der Waals surface area contributed by atoms with Crippen LogP contribution >= 0.6 is 0 Å². The first-order valence-electron chi connectivity index (χ1n) is 6.20. The average molecular weight is 289 g/mol. The number of hydrogen-bond donors (Lipinski definition) is 1. The average Bonchev–Trinajstić information content (AvgIpc) is 2.77. The second kappa shape index (κ2) is 4.83. The van der Waals surface area contributed by atoms with Gasteiger partial charge < -0.3 is 5.73 Å². The summed E-state index contributed by atoms with van der Waals surface area (Å²) in [5, 5.41) is 0. The Labute approximate surface area is 111 Å². The van der Waals surface area contributed by atoms with Gasteiger partial charge in [-0.05, 0) is 25.0 Å². The zero-order valence-corrected chi connectivity index (χ0v) is 11.6. The van der Waals surface area contributed by atoms with Crippen LogP contribution in [-0.4, -0.2) is 21.2 Å². The SMILES string of the molecule is CS(=O)(=O)c1ccc(F)c(C2(CN)CCCC2)c1F. The Hall–Kier alpha value is -1.01. The maximum Gasteiger partial charge on any atom is 0.178 e. The Balaban J connectivity index is 2.69. The van der Waals surface area contributed by atoms with Crippen molar-refractivity contribution in [2.75, 3.05) is 12.8 Å². The molecule has 0 aromatic heterocycles. The molecule has 106 valence electrons. The lowest BCUT2D eigenvalue weighted by Gasteiger charge is -2.29. The Morgan fingerprint density at radius 3 is 2.32 bits per heavy atom. The van der Waals surface area contributed by atoms with Crippen molar-refractivity contribution in [1.29, 1.82) is 0 Å². The van der Waals surface area contributed by atoms with Crippen LogP contribution in [0.3, 0.4) is 0 Å². The summed E-state index contributed by atoms with van der Waals surface area (Å²) in [5.41, 5.74) is 4.79. The fourth-order valence-corrected chi connectivity index (χ4v) is 3.66. The third-order valence-corrected chi connectivity index (χ3v) is 5.05. The summed E-state index contributed by atoms with van der Waals surface area (Å²) in [6, 6.07) is 1.99.